The number of hydrogen-bond donors (Lipinski definition) is 0. The van der Waals surface area contributed by atoms with Gasteiger partial charge >= 0.3 is 0 Å². The van der Waals surface area contributed by atoms with Crippen LogP contribution in [0.4, 0.5) is 0 Å². The molecule has 0 amide bonds. The minimum absolute atomic E-state index is 0.325. The molecule has 0 saturated carbocycles. The van der Waals surface area contributed by atoms with Crippen LogP contribution in [0.5, 0.6) is 0 Å². The maximum Gasteiger partial charge on any atom is 0.0171 e. The molecule has 1 heterocycles. The third-order valence-corrected chi connectivity index (χ3v) is 2.79. The molecule has 0 atom stereocenters. The van der Waals surface area contributed by atoms with Gasteiger partial charge in [-0.3, -0.25) is 0 Å². The minimum atomic E-state index is 0.325. The van der Waals surface area contributed by atoms with Gasteiger partial charge < -0.3 is 4.90 Å². The van der Waals surface area contributed by atoms with E-state index in [9.17, 15) is 0 Å². The van der Waals surface area contributed by atoms with Crippen molar-refractivity contribution in [2.24, 2.45) is 5.41 Å². The molecule has 0 aromatic rings. The molecule has 0 spiro atoms. The Labute approximate surface area is 70.1 Å². The number of hydrogen-bond acceptors (Lipinski definition) is 1. The number of rotatable bonds is 0. The summed E-state index contributed by atoms with van der Waals surface area (Å²) in [6.07, 6.45) is 3.95. The Morgan fingerprint density at radius 2 is 2.00 bits per heavy atom. The number of nitrogens with zero attached hydrogens (tertiary/aromatic N) is 1. The molecule has 64 valence electrons. The second-order valence-corrected chi connectivity index (χ2v) is 4.21. The predicted octanol–water partition coefficient (Wildman–Crippen LogP) is 2.64. The molecule has 1 heteroatoms. The summed E-state index contributed by atoms with van der Waals surface area (Å²) in [5, 5.41) is 0. The molecule has 0 aliphatic carbocycles. The number of allylic oxidation sites excluding steroid dienone is 1. The first-order chi connectivity index (χ1) is 5.04. The molecule has 0 radical (unpaired) electrons. The van der Waals surface area contributed by atoms with E-state index < -0.39 is 0 Å². The van der Waals surface area contributed by atoms with Crippen LogP contribution in [0.1, 0.15) is 33.1 Å². The zero-order valence-corrected chi connectivity index (χ0v) is 7.98. The van der Waals surface area contributed by atoms with Gasteiger partial charge in [0.25, 0.3) is 0 Å². The van der Waals surface area contributed by atoms with Gasteiger partial charge in [0.1, 0.15) is 0 Å². The lowest BCUT2D eigenvalue weighted by Gasteiger charge is -2.31. The molecular weight excluding hydrogens is 134 g/mol. The highest BCUT2D eigenvalue weighted by atomic mass is 15.1. The van der Waals surface area contributed by atoms with Crippen LogP contribution in [0.25, 0.3) is 0 Å². The lowest BCUT2D eigenvalue weighted by atomic mass is 9.85. The third kappa shape index (κ3) is 1.76. The van der Waals surface area contributed by atoms with Crippen molar-refractivity contribution < 1.29 is 0 Å². The summed E-state index contributed by atoms with van der Waals surface area (Å²) < 4.78 is 0. The first-order valence-corrected chi connectivity index (χ1v) is 4.44. The van der Waals surface area contributed by atoms with Crippen molar-refractivity contribution in [2.75, 3.05) is 13.6 Å². The summed E-state index contributed by atoms with van der Waals surface area (Å²) in [6, 6.07) is 0. The van der Waals surface area contributed by atoms with Gasteiger partial charge in [-0.15, -0.1) is 0 Å². The highest BCUT2D eigenvalue weighted by molar-refractivity contribution is 5.06. The smallest absolute Gasteiger partial charge is 0.0171 e. The van der Waals surface area contributed by atoms with Crippen molar-refractivity contribution in [3.63, 3.8) is 0 Å². The van der Waals surface area contributed by atoms with Crippen molar-refractivity contribution in [2.45, 2.75) is 33.1 Å². The summed E-state index contributed by atoms with van der Waals surface area (Å²) in [5.41, 5.74) is 1.63. The van der Waals surface area contributed by atoms with Crippen LogP contribution in [-0.4, -0.2) is 18.5 Å². The monoisotopic (exact) mass is 153 g/mol. The van der Waals surface area contributed by atoms with Gasteiger partial charge in [-0.1, -0.05) is 26.8 Å². The van der Waals surface area contributed by atoms with E-state index >= 15 is 0 Å². The molecule has 0 N–H and O–H groups in total. The van der Waals surface area contributed by atoms with Crippen LogP contribution >= 0.6 is 0 Å². The summed E-state index contributed by atoms with van der Waals surface area (Å²) in [4.78, 5) is 2.30. The molecule has 1 rings (SSSR count). The molecule has 1 nitrogen and oxygen atoms in total. The quantitative estimate of drug-likeness (QED) is 0.517. The molecule has 0 aromatic heterocycles. The fourth-order valence-corrected chi connectivity index (χ4v) is 1.71. The van der Waals surface area contributed by atoms with E-state index in [2.05, 4.69) is 32.4 Å². The molecule has 1 saturated heterocycles. The second kappa shape index (κ2) is 2.88. The standard InChI is InChI=1S/C10H19N/c1-9-10(2,3)7-5-6-8-11(9)4/h1,5-8H2,2-4H3. The molecule has 1 aliphatic heterocycles. The molecular formula is C10H19N. The first kappa shape index (κ1) is 8.63. The number of likely N-dealkylation sites (tertiary alicyclic amines) is 1. The Kier molecular flexibility index (Phi) is 2.26. The topological polar surface area (TPSA) is 3.24 Å². The minimum Gasteiger partial charge on any atom is -0.378 e. The lowest BCUT2D eigenvalue weighted by molar-refractivity contribution is 0.315. The Morgan fingerprint density at radius 1 is 1.36 bits per heavy atom. The molecule has 0 unspecified atom stereocenters. The normalized spacial score (nSPS) is 25.0. The molecule has 1 fully saturated rings. The van der Waals surface area contributed by atoms with Crippen LogP contribution in [0.3, 0.4) is 0 Å². The van der Waals surface area contributed by atoms with Gasteiger partial charge in [-0.2, -0.15) is 0 Å². The van der Waals surface area contributed by atoms with Crippen molar-refractivity contribution >= 4 is 0 Å². The van der Waals surface area contributed by atoms with Gasteiger partial charge in [-0.25, -0.2) is 0 Å². The van der Waals surface area contributed by atoms with Crippen molar-refractivity contribution in [1.29, 1.82) is 0 Å². The largest absolute Gasteiger partial charge is 0.378 e. The zero-order chi connectivity index (χ0) is 8.48. The summed E-state index contributed by atoms with van der Waals surface area (Å²) in [6.45, 7) is 9.89. The van der Waals surface area contributed by atoms with Gasteiger partial charge in [0.05, 0.1) is 0 Å². The molecule has 0 bridgehead atoms. The Hall–Kier alpha value is -0.460. The maximum absolute atomic E-state index is 4.13. The fourth-order valence-electron chi connectivity index (χ4n) is 1.71. The predicted molar refractivity (Wildman–Crippen MR) is 49.4 cm³/mol. The molecule has 11 heavy (non-hydrogen) atoms. The van der Waals surface area contributed by atoms with Crippen LogP contribution in [-0.2, 0) is 0 Å². The summed E-state index contributed by atoms with van der Waals surface area (Å²) in [7, 11) is 2.15. The zero-order valence-electron chi connectivity index (χ0n) is 7.98. The van der Waals surface area contributed by atoms with Crippen LogP contribution in [0.2, 0.25) is 0 Å². The van der Waals surface area contributed by atoms with Gasteiger partial charge in [-0.05, 0) is 12.8 Å². The fraction of sp³-hybridized carbons (Fsp3) is 0.800. The highest BCUT2D eigenvalue weighted by Crippen LogP contribution is 2.35. The van der Waals surface area contributed by atoms with E-state index in [0.29, 0.717) is 5.41 Å². The first-order valence-electron chi connectivity index (χ1n) is 4.44. The van der Waals surface area contributed by atoms with Crippen molar-refractivity contribution in [3.8, 4) is 0 Å². The average molecular weight is 153 g/mol. The van der Waals surface area contributed by atoms with Gasteiger partial charge in [0.2, 0.25) is 0 Å². The van der Waals surface area contributed by atoms with E-state index in [0.717, 1.165) is 0 Å². The molecule has 0 aromatic carbocycles. The van der Waals surface area contributed by atoms with E-state index in [1.165, 1.54) is 31.5 Å². The van der Waals surface area contributed by atoms with E-state index in [1.807, 2.05) is 0 Å². The average Bonchev–Trinajstić information content (AvgIpc) is 2.03. The Morgan fingerprint density at radius 3 is 2.64 bits per heavy atom. The summed E-state index contributed by atoms with van der Waals surface area (Å²) >= 11 is 0. The van der Waals surface area contributed by atoms with E-state index in [-0.39, 0.29) is 0 Å². The van der Waals surface area contributed by atoms with Crippen molar-refractivity contribution in [1.82, 2.24) is 4.90 Å². The van der Waals surface area contributed by atoms with Gasteiger partial charge in [0, 0.05) is 24.7 Å². The Balaban J connectivity index is 2.73. The second-order valence-electron chi connectivity index (χ2n) is 4.21. The van der Waals surface area contributed by atoms with Gasteiger partial charge in [0.15, 0.2) is 0 Å². The SMILES string of the molecule is C=C1N(C)CCCCC1(C)C. The van der Waals surface area contributed by atoms with Crippen LogP contribution in [0.15, 0.2) is 12.3 Å². The third-order valence-electron chi connectivity index (χ3n) is 2.79. The van der Waals surface area contributed by atoms with E-state index in [4.69, 9.17) is 0 Å². The highest BCUT2D eigenvalue weighted by Gasteiger charge is 2.26. The maximum atomic E-state index is 4.13. The van der Waals surface area contributed by atoms with Crippen LogP contribution in [0, 0.1) is 5.41 Å². The Bertz CT molecular complexity index is 158. The molecule has 1 aliphatic rings. The van der Waals surface area contributed by atoms with E-state index in [1.54, 1.807) is 0 Å². The lowest BCUT2D eigenvalue weighted by Crippen LogP contribution is -2.25. The summed E-state index contributed by atoms with van der Waals surface area (Å²) in [5.74, 6) is 0. The van der Waals surface area contributed by atoms with Crippen LogP contribution < -0.4 is 0 Å². The van der Waals surface area contributed by atoms with Crippen molar-refractivity contribution in [3.05, 3.63) is 12.3 Å².